The SMILES string of the molecule is CN(C)CCCOc1cc2c(cc1NC=O)c1c3c(c(-c4ccccc4Cl)cc1n2C)C(=O)NC3=O. The molecule has 36 heavy (non-hydrogen) atoms. The number of benzene rings is 3. The van der Waals surface area contributed by atoms with Crippen LogP contribution in [0.15, 0.2) is 42.5 Å². The van der Waals surface area contributed by atoms with Crippen LogP contribution in [0.4, 0.5) is 5.69 Å². The Morgan fingerprint density at radius 2 is 1.81 bits per heavy atom. The van der Waals surface area contributed by atoms with Crippen LogP contribution in [0.25, 0.3) is 32.9 Å². The standard InChI is InChI=1S/C27H25ClN4O4/c1-31(2)9-6-10-36-22-13-20-17(11-19(22)29-14-33)23-21(32(20)3)12-16(15-7-4-5-8-18(15)28)24-25(23)27(35)30-26(24)34/h4-5,7-8,11-14H,6,9-10H2,1-3H3,(H,29,33)(H,30,34,35). The van der Waals surface area contributed by atoms with Gasteiger partial charge in [-0.25, -0.2) is 0 Å². The predicted molar refractivity (Wildman–Crippen MR) is 141 cm³/mol. The molecule has 4 aromatic rings. The summed E-state index contributed by atoms with van der Waals surface area (Å²) in [6.45, 7) is 1.34. The first-order chi connectivity index (χ1) is 17.3. The van der Waals surface area contributed by atoms with Crippen LogP contribution in [-0.4, -0.2) is 54.9 Å². The number of fused-ring (bicyclic) bond motifs is 5. The minimum absolute atomic E-state index is 0.294. The highest BCUT2D eigenvalue weighted by atomic mass is 35.5. The van der Waals surface area contributed by atoms with Crippen molar-refractivity contribution < 1.29 is 19.1 Å². The predicted octanol–water partition coefficient (Wildman–Crippen LogP) is 4.43. The average Bonchev–Trinajstić information content (AvgIpc) is 3.29. The summed E-state index contributed by atoms with van der Waals surface area (Å²) in [5.74, 6) is -0.394. The normalized spacial score (nSPS) is 12.9. The Morgan fingerprint density at radius 3 is 2.53 bits per heavy atom. The highest BCUT2D eigenvalue weighted by molar-refractivity contribution is 6.36. The minimum Gasteiger partial charge on any atom is -0.491 e. The number of imide groups is 1. The van der Waals surface area contributed by atoms with Crippen molar-refractivity contribution in [3.63, 3.8) is 0 Å². The molecule has 5 rings (SSSR count). The van der Waals surface area contributed by atoms with Gasteiger partial charge in [0.25, 0.3) is 11.8 Å². The molecule has 9 heteroatoms. The minimum atomic E-state index is -0.463. The van der Waals surface area contributed by atoms with Crippen molar-refractivity contribution >= 4 is 57.3 Å². The van der Waals surface area contributed by atoms with E-state index in [0.717, 1.165) is 29.4 Å². The lowest BCUT2D eigenvalue weighted by Crippen LogP contribution is -2.20. The molecule has 3 aromatic carbocycles. The van der Waals surface area contributed by atoms with Crippen LogP contribution < -0.4 is 15.4 Å². The largest absolute Gasteiger partial charge is 0.491 e. The molecule has 1 aromatic heterocycles. The summed E-state index contributed by atoms with van der Waals surface area (Å²) in [6.07, 6.45) is 1.41. The number of carbonyl (C=O) groups excluding carboxylic acids is 3. The first-order valence-electron chi connectivity index (χ1n) is 11.5. The fraction of sp³-hybridized carbons (Fsp3) is 0.222. The maximum absolute atomic E-state index is 13.0. The summed E-state index contributed by atoms with van der Waals surface area (Å²) < 4.78 is 7.98. The molecule has 1 aliphatic rings. The van der Waals surface area contributed by atoms with Gasteiger partial charge >= 0.3 is 0 Å². The smallest absolute Gasteiger partial charge is 0.259 e. The number of rotatable bonds is 8. The highest BCUT2D eigenvalue weighted by Gasteiger charge is 2.34. The van der Waals surface area contributed by atoms with Crippen molar-refractivity contribution in [2.75, 3.05) is 32.6 Å². The monoisotopic (exact) mass is 504 g/mol. The van der Waals surface area contributed by atoms with Crippen molar-refractivity contribution in [3.05, 3.63) is 58.6 Å². The number of anilines is 1. The van der Waals surface area contributed by atoms with Gasteiger partial charge in [-0.3, -0.25) is 19.7 Å². The second kappa shape index (κ2) is 9.29. The maximum atomic E-state index is 13.0. The van der Waals surface area contributed by atoms with Gasteiger partial charge in [0.05, 0.1) is 34.5 Å². The number of hydrogen-bond acceptors (Lipinski definition) is 5. The Labute approximate surface area is 212 Å². The van der Waals surface area contributed by atoms with E-state index in [9.17, 15) is 14.4 Å². The van der Waals surface area contributed by atoms with Gasteiger partial charge in [0.15, 0.2) is 0 Å². The summed E-state index contributed by atoms with van der Waals surface area (Å²) in [7, 11) is 5.89. The molecule has 0 saturated carbocycles. The van der Waals surface area contributed by atoms with Crippen LogP contribution in [0, 0.1) is 0 Å². The Balaban J connectivity index is 1.77. The van der Waals surface area contributed by atoms with Crippen molar-refractivity contribution in [2.45, 2.75) is 6.42 Å². The van der Waals surface area contributed by atoms with Crippen molar-refractivity contribution in [2.24, 2.45) is 7.05 Å². The van der Waals surface area contributed by atoms with E-state index in [0.29, 0.717) is 57.1 Å². The molecule has 0 spiro atoms. The number of nitrogens with one attached hydrogen (secondary N) is 2. The first-order valence-corrected chi connectivity index (χ1v) is 11.9. The molecule has 0 radical (unpaired) electrons. The molecule has 0 bridgehead atoms. The van der Waals surface area contributed by atoms with Gasteiger partial charge in [-0.2, -0.15) is 0 Å². The van der Waals surface area contributed by atoms with Crippen LogP contribution in [0.2, 0.25) is 5.02 Å². The van der Waals surface area contributed by atoms with Crippen molar-refractivity contribution in [3.8, 4) is 16.9 Å². The first kappa shape index (κ1) is 23.8. The van der Waals surface area contributed by atoms with Crippen LogP contribution in [-0.2, 0) is 11.8 Å². The van der Waals surface area contributed by atoms with E-state index in [1.54, 1.807) is 12.1 Å². The third-order valence-electron chi connectivity index (χ3n) is 6.46. The zero-order chi connectivity index (χ0) is 25.6. The molecular formula is C27H25ClN4O4. The molecule has 184 valence electrons. The van der Waals surface area contributed by atoms with E-state index in [1.807, 2.05) is 56.0 Å². The van der Waals surface area contributed by atoms with Gasteiger partial charge in [0.2, 0.25) is 6.41 Å². The van der Waals surface area contributed by atoms with Gasteiger partial charge < -0.3 is 19.5 Å². The number of aromatic nitrogens is 1. The van der Waals surface area contributed by atoms with Crippen LogP contribution >= 0.6 is 11.6 Å². The van der Waals surface area contributed by atoms with Crippen LogP contribution in [0.3, 0.4) is 0 Å². The second-order valence-corrected chi connectivity index (χ2v) is 9.43. The number of nitrogens with zero attached hydrogens (tertiary/aromatic N) is 2. The topological polar surface area (TPSA) is 92.7 Å². The average molecular weight is 505 g/mol. The Bertz CT molecular complexity index is 1560. The quantitative estimate of drug-likeness (QED) is 0.210. The van der Waals surface area contributed by atoms with Crippen molar-refractivity contribution in [1.82, 2.24) is 14.8 Å². The Morgan fingerprint density at radius 1 is 1.06 bits per heavy atom. The van der Waals surface area contributed by atoms with Gasteiger partial charge in [-0.1, -0.05) is 29.8 Å². The van der Waals surface area contributed by atoms with E-state index in [4.69, 9.17) is 16.3 Å². The fourth-order valence-corrected chi connectivity index (χ4v) is 5.06. The molecule has 0 atom stereocenters. The lowest BCUT2D eigenvalue weighted by molar-refractivity contribution is -0.105. The number of ether oxygens (including phenoxy) is 1. The number of aryl methyl sites for hydroxylation is 1. The summed E-state index contributed by atoms with van der Waals surface area (Å²) in [5, 5.41) is 7.00. The van der Waals surface area contributed by atoms with E-state index in [1.165, 1.54) is 0 Å². The second-order valence-electron chi connectivity index (χ2n) is 9.02. The molecule has 3 amide bonds. The van der Waals surface area contributed by atoms with Gasteiger partial charge in [-0.15, -0.1) is 0 Å². The maximum Gasteiger partial charge on any atom is 0.259 e. The molecular weight excluding hydrogens is 480 g/mol. The van der Waals surface area contributed by atoms with E-state index in [-0.39, 0.29) is 0 Å². The van der Waals surface area contributed by atoms with Gasteiger partial charge in [-0.05, 0) is 44.3 Å². The zero-order valence-corrected chi connectivity index (χ0v) is 20.9. The number of amides is 3. The Kier molecular flexibility index (Phi) is 6.15. The number of halogens is 1. The molecule has 8 nitrogen and oxygen atoms in total. The van der Waals surface area contributed by atoms with Gasteiger partial charge in [0.1, 0.15) is 5.75 Å². The third-order valence-corrected chi connectivity index (χ3v) is 6.79. The summed E-state index contributed by atoms with van der Waals surface area (Å²) in [4.78, 5) is 39.4. The van der Waals surface area contributed by atoms with E-state index in [2.05, 4.69) is 15.5 Å². The summed E-state index contributed by atoms with van der Waals surface area (Å²) >= 11 is 6.49. The zero-order valence-electron chi connectivity index (χ0n) is 20.1. The third kappa shape index (κ3) is 3.88. The lowest BCUT2D eigenvalue weighted by Gasteiger charge is -2.13. The van der Waals surface area contributed by atoms with E-state index < -0.39 is 11.8 Å². The Hall–Kier alpha value is -3.88. The molecule has 2 N–H and O–H groups in total. The number of carbonyl (C=O) groups is 3. The number of hydrogen-bond donors (Lipinski definition) is 2. The molecule has 0 unspecified atom stereocenters. The lowest BCUT2D eigenvalue weighted by atomic mass is 9.93. The molecule has 0 fully saturated rings. The summed E-state index contributed by atoms with van der Waals surface area (Å²) in [5.41, 5.74) is 3.89. The van der Waals surface area contributed by atoms with E-state index >= 15 is 0 Å². The van der Waals surface area contributed by atoms with Crippen molar-refractivity contribution in [1.29, 1.82) is 0 Å². The molecule has 1 aliphatic heterocycles. The molecule has 0 aliphatic carbocycles. The fourth-order valence-electron chi connectivity index (χ4n) is 4.82. The molecule has 0 saturated heterocycles. The van der Waals surface area contributed by atoms with Gasteiger partial charge in [0, 0.05) is 41.0 Å². The molecule has 2 heterocycles. The summed E-state index contributed by atoms with van der Waals surface area (Å²) in [6, 6.07) is 12.8. The highest BCUT2D eigenvalue weighted by Crippen LogP contribution is 2.43. The van der Waals surface area contributed by atoms with Crippen LogP contribution in [0.5, 0.6) is 5.75 Å². The van der Waals surface area contributed by atoms with Crippen LogP contribution in [0.1, 0.15) is 27.1 Å².